The molecule has 0 aliphatic carbocycles. The van der Waals surface area contributed by atoms with E-state index in [1.807, 2.05) is 22.6 Å². The maximum Gasteiger partial charge on any atom is 0.336 e. The van der Waals surface area contributed by atoms with E-state index in [9.17, 15) is 28.7 Å². The summed E-state index contributed by atoms with van der Waals surface area (Å²) in [5.74, 6) is -0.965. The largest absolute Gasteiger partial charge is 0.379 e. The summed E-state index contributed by atoms with van der Waals surface area (Å²) in [6.45, 7) is 2.60. The lowest BCUT2D eigenvalue weighted by Gasteiger charge is -2.21. The minimum atomic E-state index is -1.29. The van der Waals surface area contributed by atoms with Crippen molar-refractivity contribution in [1.29, 1.82) is 0 Å². The SMILES string of the molecule is CC(=O)Nc1cccc(-n2c(=O)n(CC[C@@H](N)O)c(=O)c3c(Nc4ccc(I)cc4F)n(C)c(=O)c(C)c32)c1. The molecular weight excluding hydrogens is 622 g/mol. The smallest absolute Gasteiger partial charge is 0.336 e. The van der Waals surface area contributed by atoms with E-state index >= 15 is 0 Å². The Kier molecular flexibility index (Phi) is 8.04. The first-order valence-electron chi connectivity index (χ1n) is 11.8. The van der Waals surface area contributed by atoms with Crippen molar-refractivity contribution in [2.45, 2.75) is 33.0 Å². The third-order valence-corrected chi connectivity index (χ3v) is 6.82. The molecule has 1 amide bonds. The van der Waals surface area contributed by atoms with E-state index in [2.05, 4.69) is 10.6 Å². The fraction of sp³-hybridized carbons (Fsp3) is 0.231. The summed E-state index contributed by atoms with van der Waals surface area (Å²) in [4.78, 5) is 52.6. The second-order valence-electron chi connectivity index (χ2n) is 8.97. The molecule has 204 valence electrons. The minimum absolute atomic E-state index is 0.0179. The molecule has 0 radical (unpaired) electrons. The highest BCUT2D eigenvalue weighted by molar-refractivity contribution is 14.1. The van der Waals surface area contributed by atoms with Crippen LogP contribution >= 0.6 is 22.6 Å². The number of nitrogens with one attached hydrogen (secondary N) is 2. The molecule has 0 fully saturated rings. The van der Waals surface area contributed by atoms with Crippen LogP contribution in [0.1, 0.15) is 18.9 Å². The number of halogens is 2. The Balaban J connectivity index is 2.15. The van der Waals surface area contributed by atoms with E-state index in [4.69, 9.17) is 5.73 Å². The lowest BCUT2D eigenvalue weighted by Crippen LogP contribution is -2.42. The van der Waals surface area contributed by atoms with E-state index in [0.717, 1.165) is 4.57 Å². The Morgan fingerprint density at radius 2 is 1.87 bits per heavy atom. The predicted octanol–water partition coefficient (Wildman–Crippen LogP) is 2.27. The zero-order chi connectivity index (χ0) is 28.6. The van der Waals surface area contributed by atoms with Gasteiger partial charge < -0.3 is 21.5 Å². The molecule has 0 aliphatic rings. The molecule has 2 heterocycles. The number of fused-ring (bicyclic) bond motifs is 1. The van der Waals surface area contributed by atoms with E-state index < -0.39 is 28.9 Å². The summed E-state index contributed by atoms with van der Waals surface area (Å²) in [6.07, 6.45) is -1.39. The first kappa shape index (κ1) is 28.2. The van der Waals surface area contributed by atoms with E-state index in [1.165, 1.54) is 48.2 Å². The number of anilines is 3. The van der Waals surface area contributed by atoms with Crippen molar-refractivity contribution in [3.05, 3.63) is 88.6 Å². The van der Waals surface area contributed by atoms with Gasteiger partial charge in [-0.25, -0.2) is 9.18 Å². The Morgan fingerprint density at radius 1 is 1.15 bits per heavy atom. The van der Waals surface area contributed by atoms with Gasteiger partial charge in [0.15, 0.2) is 0 Å². The fourth-order valence-corrected chi connectivity index (χ4v) is 4.78. The monoisotopic (exact) mass is 648 g/mol. The number of carbonyl (C=O) groups is 1. The molecule has 1 atom stereocenters. The van der Waals surface area contributed by atoms with Crippen molar-refractivity contribution in [2.24, 2.45) is 12.8 Å². The molecule has 2 aromatic heterocycles. The molecule has 0 saturated heterocycles. The van der Waals surface area contributed by atoms with Crippen LogP contribution in [0.2, 0.25) is 0 Å². The summed E-state index contributed by atoms with van der Waals surface area (Å²) >= 11 is 1.96. The number of pyridine rings is 1. The number of aromatic nitrogens is 3. The average Bonchev–Trinajstić information content (AvgIpc) is 2.86. The van der Waals surface area contributed by atoms with Gasteiger partial charge in [-0.2, -0.15) is 0 Å². The predicted molar refractivity (Wildman–Crippen MR) is 155 cm³/mol. The van der Waals surface area contributed by atoms with E-state index in [1.54, 1.807) is 24.3 Å². The van der Waals surface area contributed by atoms with Crippen molar-refractivity contribution < 1.29 is 14.3 Å². The van der Waals surface area contributed by atoms with Gasteiger partial charge in [-0.05, 0) is 65.9 Å². The van der Waals surface area contributed by atoms with Gasteiger partial charge in [0.25, 0.3) is 11.1 Å². The van der Waals surface area contributed by atoms with Crippen molar-refractivity contribution in [3.8, 4) is 5.69 Å². The van der Waals surface area contributed by atoms with Crippen LogP contribution in [0.15, 0.2) is 56.8 Å². The number of nitrogens with zero attached hydrogens (tertiary/aromatic N) is 3. The summed E-state index contributed by atoms with van der Waals surface area (Å²) in [5.41, 5.74) is 4.23. The van der Waals surface area contributed by atoms with Crippen LogP contribution in [0.5, 0.6) is 0 Å². The van der Waals surface area contributed by atoms with Crippen LogP contribution < -0.4 is 33.2 Å². The molecule has 11 nitrogen and oxygen atoms in total. The van der Waals surface area contributed by atoms with Gasteiger partial charge in [0.05, 0.1) is 16.9 Å². The Bertz CT molecular complexity index is 1790. The van der Waals surface area contributed by atoms with Crippen LogP contribution in [-0.4, -0.2) is 30.9 Å². The second kappa shape index (κ2) is 11.1. The van der Waals surface area contributed by atoms with Gasteiger partial charge in [-0.3, -0.25) is 28.1 Å². The molecular formula is C26H26FIN6O5. The maximum atomic E-state index is 14.8. The van der Waals surface area contributed by atoms with Crippen molar-refractivity contribution in [2.75, 3.05) is 10.6 Å². The number of aliphatic hydroxyl groups excluding tert-OH is 1. The lowest BCUT2D eigenvalue weighted by molar-refractivity contribution is -0.114. The van der Waals surface area contributed by atoms with Gasteiger partial charge in [0.1, 0.15) is 23.2 Å². The van der Waals surface area contributed by atoms with Crippen molar-refractivity contribution in [3.63, 3.8) is 0 Å². The van der Waals surface area contributed by atoms with Gasteiger partial charge in [-0.15, -0.1) is 0 Å². The van der Waals surface area contributed by atoms with Crippen LogP contribution in [-0.2, 0) is 18.4 Å². The number of nitrogens with two attached hydrogens (primary N) is 1. The van der Waals surface area contributed by atoms with E-state index in [0.29, 0.717) is 9.26 Å². The number of aryl methyl sites for hydroxylation is 1. The summed E-state index contributed by atoms with van der Waals surface area (Å²) < 4.78 is 18.8. The van der Waals surface area contributed by atoms with Crippen LogP contribution in [0.25, 0.3) is 16.6 Å². The first-order valence-corrected chi connectivity index (χ1v) is 12.9. The average molecular weight is 648 g/mol. The Morgan fingerprint density at radius 3 is 2.51 bits per heavy atom. The minimum Gasteiger partial charge on any atom is -0.379 e. The number of aliphatic hydroxyl groups is 1. The standard InChI is InChI=1S/C26H26FIN6O5/c1-13-22-21(23(32(3)24(13)37)31-19-8-7-15(28)11-18(19)27)25(38)33(10-9-20(29)36)26(39)34(22)17-6-4-5-16(12-17)30-14(2)35/h4-8,11-12,20,31,36H,9-10,29H2,1-3H3,(H,30,35)/t20-/m0/s1. The molecule has 39 heavy (non-hydrogen) atoms. The van der Waals surface area contributed by atoms with Crippen molar-refractivity contribution in [1.82, 2.24) is 13.7 Å². The third-order valence-electron chi connectivity index (χ3n) is 6.15. The molecule has 4 aromatic rings. The molecule has 5 N–H and O–H groups in total. The highest BCUT2D eigenvalue weighted by atomic mass is 127. The molecule has 2 aromatic carbocycles. The summed E-state index contributed by atoms with van der Waals surface area (Å²) in [7, 11) is 1.43. The molecule has 13 heteroatoms. The lowest BCUT2D eigenvalue weighted by atomic mass is 10.1. The zero-order valence-electron chi connectivity index (χ0n) is 21.3. The van der Waals surface area contributed by atoms with Crippen LogP contribution in [0, 0.1) is 16.3 Å². The fourth-order valence-electron chi connectivity index (χ4n) is 4.33. The van der Waals surface area contributed by atoms with Crippen LogP contribution in [0.3, 0.4) is 0 Å². The molecule has 4 rings (SSSR count). The topological polar surface area (TPSA) is 153 Å². The number of rotatable bonds is 7. The zero-order valence-corrected chi connectivity index (χ0v) is 23.4. The number of benzene rings is 2. The Labute approximate surface area is 234 Å². The second-order valence-corrected chi connectivity index (χ2v) is 10.2. The third kappa shape index (κ3) is 5.51. The normalized spacial score (nSPS) is 12.0. The Hall–Kier alpha value is -3.82. The van der Waals surface area contributed by atoms with Crippen molar-refractivity contribution >= 4 is 56.6 Å². The first-order chi connectivity index (χ1) is 18.4. The van der Waals surface area contributed by atoms with Crippen LogP contribution in [0.4, 0.5) is 21.6 Å². The van der Waals surface area contributed by atoms with Gasteiger partial charge in [0.2, 0.25) is 5.91 Å². The summed E-state index contributed by atoms with van der Waals surface area (Å²) in [5, 5.41) is 15.1. The number of amides is 1. The molecule has 0 unspecified atom stereocenters. The highest BCUT2D eigenvalue weighted by Crippen LogP contribution is 2.28. The summed E-state index contributed by atoms with van der Waals surface area (Å²) in [6, 6.07) is 10.8. The number of hydrogen-bond acceptors (Lipinski definition) is 7. The number of carbonyl (C=O) groups excluding carboxylic acids is 1. The van der Waals surface area contributed by atoms with Gasteiger partial charge >= 0.3 is 5.69 Å². The molecule has 0 aliphatic heterocycles. The van der Waals surface area contributed by atoms with E-state index in [-0.39, 0.29) is 52.5 Å². The molecule has 0 bridgehead atoms. The van der Waals surface area contributed by atoms with Gasteiger partial charge in [-0.1, -0.05) is 6.07 Å². The molecule has 0 saturated carbocycles. The maximum absolute atomic E-state index is 14.8. The quantitative estimate of drug-likeness (QED) is 0.177. The number of hydrogen-bond donors (Lipinski definition) is 4. The highest BCUT2D eigenvalue weighted by Gasteiger charge is 2.24. The molecule has 0 spiro atoms. The van der Waals surface area contributed by atoms with Gasteiger partial charge in [0, 0.05) is 41.8 Å².